The zero-order valence-electron chi connectivity index (χ0n) is 15.2. The summed E-state index contributed by atoms with van der Waals surface area (Å²) < 4.78 is 1.87. The Labute approximate surface area is 177 Å². The molecule has 142 valence electrons. The van der Waals surface area contributed by atoms with Crippen LogP contribution in [0.15, 0.2) is 47.7 Å². The highest BCUT2D eigenvalue weighted by atomic mass is 127. The Bertz CT molecular complexity index is 651. The number of aliphatic imine (C=N–C) groups is 1. The Morgan fingerprint density at radius 3 is 2.81 bits per heavy atom. The lowest BCUT2D eigenvalue weighted by Crippen LogP contribution is -2.38. The fourth-order valence-corrected chi connectivity index (χ4v) is 4.07. The molecule has 2 heterocycles. The quantitative estimate of drug-likeness (QED) is 0.358. The Kier molecular flexibility index (Phi) is 9.31. The van der Waals surface area contributed by atoms with Crippen LogP contribution < -0.4 is 10.6 Å². The van der Waals surface area contributed by atoms with Crippen LogP contribution in [0.2, 0.25) is 0 Å². The van der Waals surface area contributed by atoms with E-state index in [0.29, 0.717) is 5.25 Å². The molecular weight excluding hydrogens is 457 g/mol. The second kappa shape index (κ2) is 11.5. The molecule has 1 atom stereocenters. The van der Waals surface area contributed by atoms with Crippen LogP contribution in [0.3, 0.4) is 0 Å². The molecule has 1 aromatic carbocycles. The summed E-state index contributed by atoms with van der Waals surface area (Å²) in [7, 11) is 0. The molecule has 26 heavy (non-hydrogen) atoms. The molecule has 1 aliphatic rings. The average molecular weight is 485 g/mol. The number of benzene rings is 1. The van der Waals surface area contributed by atoms with Crippen LogP contribution in [0.5, 0.6) is 0 Å². The summed E-state index contributed by atoms with van der Waals surface area (Å²) in [6.45, 7) is 4.79. The largest absolute Gasteiger partial charge is 0.357 e. The molecular formula is C19H28IN5S. The lowest BCUT2D eigenvalue weighted by atomic mass is 10.1. The third-order valence-electron chi connectivity index (χ3n) is 4.23. The molecule has 0 saturated carbocycles. The number of rotatable bonds is 7. The predicted molar refractivity (Wildman–Crippen MR) is 122 cm³/mol. The van der Waals surface area contributed by atoms with E-state index in [1.807, 2.05) is 16.9 Å². The molecule has 1 aromatic heterocycles. The van der Waals surface area contributed by atoms with Crippen LogP contribution in [0.4, 0.5) is 0 Å². The third-order valence-corrected chi connectivity index (χ3v) is 5.61. The fourth-order valence-electron chi connectivity index (χ4n) is 2.89. The van der Waals surface area contributed by atoms with Gasteiger partial charge in [-0.1, -0.05) is 12.1 Å². The highest BCUT2D eigenvalue weighted by Gasteiger charge is 2.14. The SMILES string of the molecule is CCNC(=NCC1CCCS1)NCCc1ccc(-n2cccn2)cc1.I. The number of nitrogens with zero attached hydrogens (tertiary/aromatic N) is 3. The van der Waals surface area contributed by atoms with Gasteiger partial charge < -0.3 is 10.6 Å². The van der Waals surface area contributed by atoms with Gasteiger partial charge in [0.1, 0.15) is 0 Å². The van der Waals surface area contributed by atoms with Crippen LogP contribution in [-0.4, -0.2) is 46.4 Å². The summed E-state index contributed by atoms with van der Waals surface area (Å²) in [6, 6.07) is 10.5. The van der Waals surface area contributed by atoms with Crippen LogP contribution in [-0.2, 0) is 6.42 Å². The number of hydrogen-bond donors (Lipinski definition) is 2. The van der Waals surface area contributed by atoms with Gasteiger partial charge in [0, 0.05) is 30.7 Å². The summed E-state index contributed by atoms with van der Waals surface area (Å²) >= 11 is 2.05. The van der Waals surface area contributed by atoms with Gasteiger partial charge in [-0.05, 0) is 55.7 Å². The molecule has 1 unspecified atom stereocenters. The first-order valence-electron chi connectivity index (χ1n) is 9.08. The molecule has 0 amide bonds. The summed E-state index contributed by atoms with van der Waals surface area (Å²) in [6.07, 6.45) is 7.36. The van der Waals surface area contributed by atoms with Crippen molar-refractivity contribution in [2.45, 2.75) is 31.4 Å². The van der Waals surface area contributed by atoms with Crippen LogP contribution in [0.1, 0.15) is 25.3 Å². The summed E-state index contributed by atoms with van der Waals surface area (Å²) in [5.41, 5.74) is 2.40. The number of halogens is 1. The van der Waals surface area contributed by atoms with Gasteiger partial charge in [-0.15, -0.1) is 24.0 Å². The molecule has 3 rings (SSSR count). The number of hydrogen-bond acceptors (Lipinski definition) is 3. The van der Waals surface area contributed by atoms with E-state index in [1.165, 1.54) is 24.2 Å². The molecule has 1 fully saturated rings. The van der Waals surface area contributed by atoms with Gasteiger partial charge in [0.2, 0.25) is 0 Å². The van der Waals surface area contributed by atoms with Crippen molar-refractivity contribution in [1.29, 1.82) is 0 Å². The maximum atomic E-state index is 4.74. The van der Waals surface area contributed by atoms with Gasteiger partial charge in [-0.25, -0.2) is 4.68 Å². The van der Waals surface area contributed by atoms with Gasteiger partial charge in [0.15, 0.2) is 5.96 Å². The summed E-state index contributed by atoms with van der Waals surface area (Å²) in [5, 5.41) is 11.7. The van der Waals surface area contributed by atoms with E-state index >= 15 is 0 Å². The lowest BCUT2D eigenvalue weighted by Gasteiger charge is -2.13. The predicted octanol–water partition coefficient (Wildman–Crippen LogP) is 3.48. The maximum Gasteiger partial charge on any atom is 0.191 e. The van der Waals surface area contributed by atoms with Gasteiger partial charge in [0.25, 0.3) is 0 Å². The Morgan fingerprint density at radius 1 is 1.31 bits per heavy atom. The minimum Gasteiger partial charge on any atom is -0.357 e. The highest BCUT2D eigenvalue weighted by molar-refractivity contribution is 14.0. The van der Waals surface area contributed by atoms with Crippen molar-refractivity contribution in [1.82, 2.24) is 20.4 Å². The average Bonchev–Trinajstić information content (AvgIpc) is 3.34. The van der Waals surface area contributed by atoms with Crippen molar-refractivity contribution < 1.29 is 0 Å². The van der Waals surface area contributed by atoms with Crippen molar-refractivity contribution in [3.8, 4) is 5.69 Å². The van der Waals surface area contributed by atoms with Crippen molar-refractivity contribution in [3.05, 3.63) is 48.3 Å². The first-order chi connectivity index (χ1) is 12.3. The van der Waals surface area contributed by atoms with E-state index in [0.717, 1.165) is 37.7 Å². The van der Waals surface area contributed by atoms with Gasteiger partial charge in [0.05, 0.1) is 12.2 Å². The number of thioether (sulfide) groups is 1. The molecule has 0 radical (unpaired) electrons. The van der Waals surface area contributed by atoms with E-state index in [-0.39, 0.29) is 24.0 Å². The van der Waals surface area contributed by atoms with Crippen LogP contribution in [0, 0.1) is 0 Å². The molecule has 1 aliphatic heterocycles. The molecule has 0 bridgehead atoms. The first kappa shape index (κ1) is 21.1. The fraction of sp³-hybridized carbons (Fsp3) is 0.474. The minimum absolute atomic E-state index is 0. The maximum absolute atomic E-state index is 4.74. The Morgan fingerprint density at radius 2 is 2.15 bits per heavy atom. The van der Waals surface area contributed by atoms with Crippen LogP contribution >= 0.6 is 35.7 Å². The van der Waals surface area contributed by atoms with Gasteiger partial charge in [-0.2, -0.15) is 16.9 Å². The number of nitrogens with one attached hydrogen (secondary N) is 2. The molecule has 7 heteroatoms. The molecule has 1 saturated heterocycles. The van der Waals surface area contributed by atoms with E-state index in [9.17, 15) is 0 Å². The van der Waals surface area contributed by atoms with Gasteiger partial charge >= 0.3 is 0 Å². The second-order valence-electron chi connectivity index (χ2n) is 6.15. The molecule has 2 aromatic rings. The third kappa shape index (κ3) is 6.50. The van der Waals surface area contributed by atoms with Gasteiger partial charge in [-0.3, -0.25) is 4.99 Å². The van der Waals surface area contributed by atoms with E-state index in [4.69, 9.17) is 4.99 Å². The van der Waals surface area contributed by atoms with Crippen molar-refractivity contribution in [3.63, 3.8) is 0 Å². The highest BCUT2D eigenvalue weighted by Crippen LogP contribution is 2.25. The normalized spacial score (nSPS) is 17.0. The van der Waals surface area contributed by atoms with E-state index in [2.05, 4.69) is 58.7 Å². The molecule has 0 aliphatic carbocycles. The zero-order chi connectivity index (χ0) is 17.3. The number of guanidine groups is 1. The first-order valence-corrected chi connectivity index (χ1v) is 10.1. The van der Waals surface area contributed by atoms with Crippen molar-refractivity contribution >= 4 is 41.7 Å². The zero-order valence-corrected chi connectivity index (χ0v) is 18.4. The second-order valence-corrected chi connectivity index (χ2v) is 7.56. The Hall–Kier alpha value is -1.22. The molecule has 0 spiro atoms. The molecule has 2 N–H and O–H groups in total. The van der Waals surface area contributed by atoms with Crippen LogP contribution in [0.25, 0.3) is 5.69 Å². The van der Waals surface area contributed by atoms with Crippen molar-refractivity contribution in [2.24, 2.45) is 4.99 Å². The smallest absolute Gasteiger partial charge is 0.191 e. The topological polar surface area (TPSA) is 54.2 Å². The van der Waals surface area contributed by atoms with E-state index in [1.54, 1.807) is 6.20 Å². The Balaban J connectivity index is 0.00000243. The summed E-state index contributed by atoms with van der Waals surface area (Å²) in [4.78, 5) is 4.74. The lowest BCUT2D eigenvalue weighted by molar-refractivity contribution is 0.760. The van der Waals surface area contributed by atoms with Crippen molar-refractivity contribution in [2.75, 3.05) is 25.4 Å². The standard InChI is InChI=1S/C19H27N5S.HI/c1-2-20-19(22-15-18-5-3-14-25-18)21-12-10-16-6-8-17(9-7-16)24-13-4-11-23-24;/h4,6-9,11,13,18H,2-3,5,10,12,14-15H2,1H3,(H2,20,21,22);1H. The number of aromatic nitrogens is 2. The molecule has 5 nitrogen and oxygen atoms in total. The summed E-state index contributed by atoms with van der Waals surface area (Å²) in [5.74, 6) is 2.22. The minimum atomic E-state index is 0. The van der Waals surface area contributed by atoms with E-state index < -0.39 is 0 Å². The monoisotopic (exact) mass is 485 g/mol.